The van der Waals surface area contributed by atoms with Crippen LogP contribution in [0.3, 0.4) is 0 Å². The van der Waals surface area contributed by atoms with Gasteiger partial charge in [-0.25, -0.2) is 8.78 Å². The Morgan fingerprint density at radius 2 is 1.88 bits per heavy atom. The summed E-state index contributed by atoms with van der Waals surface area (Å²) in [6.45, 7) is 0.282. The van der Waals surface area contributed by atoms with Gasteiger partial charge in [0.1, 0.15) is 4.75 Å². The van der Waals surface area contributed by atoms with Crippen molar-refractivity contribution in [3.8, 4) is 5.75 Å². The molecule has 1 atom stereocenters. The van der Waals surface area contributed by atoms with E-state index in [1.165, 1.54) is 4.90 Å². The fourth-order valence-corrected chi connectivity index (χ4v) is 4.96. The van der Waals surface area contributed by atoms with Gasteiger partial charge >= 0.3 is 0 Å². The van der Waals surface area contributed by atoms with Crippen molar-refractivity contribution in [3.63, 3.8) is 0 Å². The molecular formula is C18H15F2NO3S. The first-order valence-corrected chi connectivity index (χ1v) is 8.98. The molecule has 25 heavy (non-hydrogen) atoms. The van der Waals surface area contributed by atoms with Gasteiger partial charge in [-0.05, 0) is 35.4 Å². The molecule has 0 aromatic heterocycles. The highest BCUT2D eigenvalue weighted by molar-refractivity contribution is 7.93. The molecule has 1 saturated carbocycles. The summed E-state index contributed by atoms with van der Waals surface area (Å²) in [6, 6.07) is 8.90. The van der Waals surface area contributed by atoms with E-state index in [1.807, 2.05) is 0 Å². The number of carbonyl (C=O) groups is 1. The second-order valence-corrected chi connectivity index (χ2v) is 8.13. The van der Waals surface area contributed by atoms with Gasteiger partial charge in [0.15, 0.2) is 22.3 Å². The Morgan fingerprint density at radius 1 is 1.24 bits per heavy atom. The Labute approximate surface area is 146 Å². The van der Waals surface area contributed by atoms with Crippen LogP contribution >= 0.6 is 0 Å². The number of para-hydroxylation sites is 1. The van der Waals surface area contributed by atoms with Crippen molar-refractivity contribution in [1.82, 2.24) is 0 Å². The summed E-state index contributed by atoms with van der Waals surface area (Å²) in [6.07, 6.45) is 1.53. The second-order valence-electron chi connectivity index (χ2n) is 6.28. The van der Waals surface area contributed by atoms with Gasteiger partial charge in [-0.2, -0.15) is 0 Å². The summed E-state index contributed by atoms with van der Waals surface area (Å²) in [5, 5.41) is 0. The van der Waals surface area contributed by atoms with Crippen LogP contribution in [0, 0.1) is 11.6 Å². The molecule has 0 N–H and O–H groups in total. The molecule has 1 aliphatic carbocycles. The first kappa shape index (κ1) is 16.4. The fourth-order valence-electron chi connectivity index (χ4n) is 3.20. The minimum absolute atomic E-state index is 0.103. The maximum Gasteiger partial charge on any atom is 0.258 e. The number of hydrogen-bond acceptors (Lipinski definition) is 3. The molecule has 2 aliphatic rings. The number of fused-ring (bicyclic) bond motifs is 1. The first-order chi connectivity index (χ1) is 12.0. The number of hydrogen-bond donors (Lipinski definition) is 0. The van der Waals surface area contributed by atoms with Gasteiger partial charge in [-0.1, -0.05) is 12.1 Å². The molecule has 7 heteroatoms. The Hall–Kier alpha value is -2.12. The van der Waals surface area contributed by atoms with Crippen LogP contribution in [0.1, 0.15) is 23.2 Å². The molecule has 2 aromatic carbocycles. The van der Waals surface area contributed by atoms with Crippen molar-refractivity contribution in [1.29, 1.82) is 0 Å². The van der Waals surface area contributed by atoms with Gasteiger partial charge in [0, 0.05) is 18.4 Å². The lowest BCUT2D eigenvalue weighted by Crippen LogP contribution is -2.47. The Kier molecular flexibility index (Phi) is 3.73. The predicted octanol–water partition coefficient (Wildman–Crippen LogP) is 3.27. The monoisotopic (exact) mass is 363 g/mol. The molecule has 1 spiro atoms. The average Bonchev–Trinajstić information content (AvgIpc) is 3.38. The average molecular weight is 363 g/mol. The summed E-state index contributed by atoms with van der Waals surface area (Å²) in [7, 11) is 1.16. The summed E-state index contributed by atoms with van der Waals surface area (Å²) >= 11 is -1.18. The van der Waals surface area contributed by atoms with Crippen molar-refractivity contribution in [2.45, 2.75) is 22.5 Å². The van der Waals surface area contributed by atoms with E-state index in [0.717, 1.165) is 32.1 Å². The molecule has 4 nitrogen and oxygen atoms in total. The quantitative estimate of drug-likeness (QED) is 0.770. The zero-order valence-corrected chi connectivity index (χ0v) is 14.2. The van der Waals surface area contributed by atoms with Gasteiger partial charge in [-0.15, -0.1) is 0 Å². The number of benzene rings is 2. The maximum atomic E-state index is 14.0. The van der Waals surface area contributed by atoms with E-state index < -0.39 is 39.2 Å². The molecule has 0 bridgehead atoms. The van der Waals surface area contributed by atoms with Crippen molar-refractivity contribution in [2.24, 2.45) is 0 Å². The van der Waals surface area contributed by atoms with E-state index in [-0.39, 0.29) is 12.1 Å². The van der Waals surface area contributed by atoms with Crippen molar-refractivity contribution in [2.75, 3.05) is 18.6 Å². The highest BCUT2D eigenvalue weighted by Gasteiger charge is 2.60. The molecule has 0 saturated heterocycles. The fraction of sp³-hybridized carbons (Fsp3) is 0.278. The third-order valence-electron chi connectivity index (χ3n) is 4.70. The van der Waals surface area contributed by atoms with Gasteiger partial charge in [0.05, 0.1) is 19.3 Å². The number of carbonyl (C=O) groups excluding carboxylic acids is 1. The normalized spacial score (nSPS) is 20.3. The molecule has 4 rings (SSSR count). The largest absolute Gasteiger partial charge is 0.611 e. The van der Waals surface area contributed by atoms with E-state index >= 15 is 0 Å². The number of anilines is 1. The van der Waals surface area contributed by atoms with E-state index in [0.29, 0.717) is 10.6 Å². The van der Waals surface area contributed by atoms with Crippen LogP contribution in [0.2, 0.25) is 0 Å². The van der Waals surface area contributed by atoms with Crippen molar-refractivity contribution < 1.29 is 22.9 Å². The predicted molar refractivity (Wildman–Crippen MR) is 89.4 cm³/mol. The SMILES string of the molecule is COc1c(F)cc(C(=O)N2CC3(CC3)[S+]([O-])c3ccccc32)cc1F. The number of amides is 1. The zero-order chi connectivity index (χ0) is 17.8. The Balaban J connectivity index is 1.77. The summed E-state index contributed by atoms with van der Waals surface area (Å²) < 4.78 is 44.9. The van der Waals surface area contributed by atoms with Gasteiger partial charge in [0.2, 0.25) is 0 Å². The lowest BCUT2D eigenvalue weighted by Gasteiger charge is -2.35. The topological polar surface area (TPSA) is 52.6 Å². The molecule has 1 fully saturated rings. The Morgan fingerprint density at radius 3 is 2.48 bits per heavy atom. The third kappa shape index (κ3) is 2.49. The molecule has 1 unspecified atom stereocenters. The molecule has 1 heterocycles. The standard InChI is InChI=1S/C18H15F2NO3S/c1-24-16-12(19)8-11(9-13(16)20)17(22)21-10-18(6-7-18)25(23)15-5-3-2-4-14(15)21/h2-5,8-9H,6-7,10H2,1H3. The highest BCUT2D eigenvalue weighted by Crippen LogP contribution is 2.52. The van der Waals surface area contributed by atoms with E-state index in [1.54, 1.807) is 24.3 Å². The van der Waals surface area contributed by atoms with Crippen LogP contribution in [0.15, 0.2) is 41.3 Å². The molecule has 0 radical (unpaired) electrons. The molecule has 1 aliphatic heterocycles. The van der Waals surface area contributed by atoms with E-state index in [4.69, 9.17) is 0 Å². The number of nitrogens with zero attached hydrogens (tertiary/aromatic N) is 1. The minimum Gasteiger partial charge on any atom is -0.611 e. The summed E-state index contributed by atoms with van der Waals surface area (Å²) in [4.78, 5) is 15.0. The van der Waals surface area contributed by atoms with Crippen LogP contribution < -0.4 is 9.64 Å². The van der Waals surface area contributed by atoms with Crippen LogP contribution in [0.4, 0.5) is 14.5 Å². The van der Waals surface area contributed by atoms with Crippen LogP contribution in [-0.2, 0) is 11.2 Å². The second kappa shape index (κ2) is 5.71. The third-order valence-corrected chi connectivity index (χ3v) is 6.77. The Bertz CT molecular complexity index is 846. The van der Waals surface area contributed by atoms with Crippen LogP contribution in [0.5, 0.6) is 5.75 Å². The van der Waals surface area contributed by atoms with E-state index in [2.05, 4.69) is 4.74 Å². The molecule has 130 valence electrons. The van der Waals surface area contributed by atoms with Crippen molar-refractivity contribution in [3.05, 3.63) is 53.6 Å². The molecule has 1 amide bonds. The lowest BCUT2D eigenvalue weighted by molar-refractivity contribution is 0.0984. The smallest absolute Gasteiger partial charge is 0.258 e. The number of methoxy groups -OCH3 is 1. The zero-order valence-electron chi connectivity index (χ0n) is 13.4. The van der Waals surface area contributed by atoms with Gasteiger partial charge in [-0.3, -0.25) is 9.69 Å². The number of ether oxygens (including phenoxy) is 1. The summed E-state index contributed by atoms with van der Waals surface area (Å²) in [5.74, 6) is -2.90. The maximum absolute atomic E-state index is 14.0. The minimum atomic E-state index is -1.18. The first-order valence-electron chi connectivity index (χ1n) is 7.83. The van der Waals surface area contributed by atoms with Crippen LogP contribution in [-0.4, -0.2) is 28.9 Å². The van der Waals surface area contributed by atoms with Gasteiger partial charge in [0.25, 0.3) is 5.91 Å². The lowest BCUT2D eigenvalue weighted by atomic mass is 10.1. The molecular weight excluding hydrogens is 348 g/mol. The van der Waals surface area contributed by atoms with E-state index in [9.17, 15) is 18.1 Å². The van der Waals surface area contributed by atoms with Crippen LogP contribution in [0.25, 0.3) is 0 Å². The molecule has 2 aromatic rings. The number of rotatable bonds is 2. The van der Waals surface area contributed by atoms with Gasteiger partial charge < -0.3 is 9.29 Å². The highest BCUT2D eigenvalue weighted by atomic mass is 32.2. The van der Waals surface area contributed by atoms with Crippen molar-refractivity contribution >= 4 is 22.8 Å². The number of halogens is 2. The summed E-state index contributed by atoms with van der Waals surface area (Å²) in [5.41, 5.74) is 0.425.